The smallest absolute Gasteiger partial charge is 0.240 e. The van der Waals surface area contributed by atoms with Crippen molar-refractivity contribution in [2.24, 2.45) is 0 Å². The van der Waals surface area contributed by atoms with Crippen molar-refractivity contribution in [1.29, 1.82) is 0 Å². The molecule has 0 radical (unpaired) electrons. The molecule has 0 amide bonds. The van der Waals surface area contributed by atoms with Gasteiger partial charge in [-0.1, -0.05) is 30.3 Å². The average molecular weight is 403 g/mol. The molecule has 0 aliphatic heterocycles. The van der Waals surface area contributed by atoms with Gasteiger partial charge in [-0.3, -0.25) is 0 Å². The van der Waals surface area contributed by atoms with E-state index in [2.05, 4.69) is 4.72 Å². The summed E-state index contributed by atoms with van der Waals surface area (Å²) >= 11 is 0. The van der Waals surface area contributed by atoms with Crippen molar-refractivity contribution in [3.63, 3.8) is 0 Å². The van der Waals surface area contributed by atoms with Crippen molar-refractivity contribution < 1.29 is 35.6 Å². The highest BCUT2D eigenvalue weighted by atomic mass is 35.5. The Morgan fingerprint density at radius 3 is 2.35 bits per heavy atom. The number of quaternary nitrogens is 1. The van der Waals surface area contributed by atoms with E-state index in [9.17, 15) is 17.9 Å². The molecule has 0 saturated heterocycles. The second-order valence-corrected chi connectivity index (χ2v) is 7.71. The van der Waals surface area contributed by atoms with Gasteiger partial charge in [0.25, 0.3) is 0 Å². The largest absolute Gasteiger partial charge is 1.00 e. The van der Waals surface area contributed by atoms with Crippen LogP contribution < -0.4 is 22.4 Å². The van der Waals surface area contributed by atoms with Gasteiger partial charge in [0.1, 0.15) is 18.0 Å². The molecule has 5 nitrogen and oxygen atoms in total. The lowest BCUT2D eigenvalue weighted by Crippen LogP contribution is -3.00. The van der Waals surface area contributed by atoms with Crippen molar-refractivity contribution in [3.05, 3.63) is 66.0 Å². The number of hydrogen-bond donors (Lipinski definition) is 3. The molecule has 144 valence electrons. The highest BCUT2D eigenvalue weighted by molar-refractivity contribution is 7.89. The zero-order valence-corrected chi connectivity index (χ0v) is 16.0. The van der Waals surface area contributed by atoms with Crippen LogP contribution in [0.1, 0.15) is 25.0 Å². The molecule has 0 aliphatic rings. The Morgan fingerprint density at radius 2 is 1.73 bits per heavy atom. The van der Waals surface area contributed by atoms with E-state index in [1.807, 2.05) is 42.6 Å². The van der Waals surface area contributed by atoms with Crippen LogP contribution in [0.3, 0.4) is 0 Å². The number of aliphatic hydroxyl groups excluding tert-OH is 1. The minimum Gasteiger partial charge on any atom is -1.00 e. The molecule has 8 heteroatoms. The maximum Gasteiger partial charge on any atom is 0.240 e. The van der Waals surface area contributed by atoms with Gasteiger partial charge in [0.2, 0.25) is 10.0 Å². The molecule has 0 aliphatic carbocycles. The molecule has 0 aromatic heterocycles. The third kappa shape index (κ3) is 6.66. The van der Waals surface area contributed by atoms with E-state index in [0.717, 1.165) is 17.7 Å². The number of rotatable bonds is 9. The Hall–Kier alpha value is -1.51. The summed E-state index contributed by atoms with van der Waals surface area (Å²) < 4.78 is 39.4. The standard InChI is InChI=1S/C18H23FN2O3S.ClH/c1-14(18(22)15-6-3-2-4-7-15)20-12-5-13-21-25(23,24)17-10-8-16(19)9-11-17;/h2-4,6-11,14,18,20-22H,5,12-13H2,1H3;1H. The van der Waals surface area contributed by atoms with E-state index in [-0.39, 0.29) is 29.9 Å². The van der Waals surface area contributed by atoms with Crippen molar-refractivity contribution >= 4 is 10.0 Å². The third-order valence-electron chi connectivity index (χ3n) is 3.97. The third-order valence-corrected chi connectivity index (χ3v) is 5.45. The van der Waals surface area contributed by atoms with Gasteiger partial charge < -0.3 is 22.8 Å². The summed E-state index contributed by atoms with van der Waals surface area (Å²) in [6.07, 6.45) is 0.0452. The lowest BCUT2D eigenvalue weighted by Gasteiger charge is -2.17. The number of nitrogens with two attached hydrogens (primary N) is 1. The van der Waals surface area contributed by atoms with E-state index in [0.29, 0.717) is 13.0 Å². The summed E-state index contributed by atoms with van der Waals surface area (Å²) in [4.78, 5) is 0.0470. The van der Waals surface area contributed by atoms with Gasteiger partial charge in [0, 0.05) is 13.0 Å². The molecular formula is C18H24ClFN2O3S. The van der Waals surface area contributed by atoms with Gasteiger partial charge >= 0.3 is 0 Å². The van der Waals surface area contributed by atoms with Crippen LogP contribution in [0.25, 0.3) is 0 Å². The van der Waals surface area contributed by atoms with Gasteiger partial charge in [0.15, 0.2) is 0 Å². The minimum absolute atomic E-state index is 0. The van der Waals surface area contributed by atoms with Crippen LogP contribution in [0, 0.1) is 5.82 Å². The molecule has 2 atom stereocenters. The number of benzene rings is 2. The van der Waals surface area contributed by atoms with E-state index in [1.54, 1.807) is 0 Å². The molecule has 0 fully saturated rings. The average Bonchev–Trinajstić information content (AvgIpc) is 2.61. The van der Waals surface area contributed by atoms with Crippen LogP contribution in [0.5, 0.6) is 0 Å². The Kier molecular flexibility index (Phi) is 9.18. The predicted octanol–water partition coefficient (Wildman–Crippen LogP) is -1.82. The molecule has 4 N–H and O–H groups in total. The fraction of sp³-hybridized carbons (Fsp3) is 0.333. The van der Waals surface area contributed by atoms with Crippen LogP contribution in [0.15, 0.2) is 59.5 Å². The van der Waals surface area contributed by atoms with Crippen LogP contribution in [-0.4, -0.2) is 32.7 Å². The summed E-state index contributed by atoms with van der Waals surface area (Å²) in [5.41, 5.74) is 0.864. The molecule has 2 unspecified atom stereocenters. The number of aliphatic hydroxyl groups is 1. The van der Waals surface area contributed by atoms with Crippen molar-refractivity contribution in [1.82, 2.24) is 4.72 Å². The van der Waals surface area contributed by atoms with Crippen LogP contribution >= 0.6 is 0 Å². The van der Waals surface area contributed by atoms with Gasteiger partial charge in [0.05, 0.1) is 11.4 Å². The summed E-state index contributed by atoms with van der Waals surface area (Å²) in [7, 11) is -3.62. The molecule has 26 heavy (non-hydrogen) atoms. The summed E-state index contributed by atoms with van der Waals surface area (Å²) in [6.45, 7) is 2.89. The van der Waals surface area contributed by atoms with E-state index >= 15 is 0 Å². The van der Waals surface area contributed by atoms with E-state index in [4.69, 9.17) is 0 Å². The monoisotopic (exact) mass is 402 g/mol. The van der Waals surface area contributed by atoms with Crippen LogP contribution in [-0.2, 0) is 10.0 Å². The molecule has 2 aromatic carbocycles. The molecule has 2 aromatic rings. The highest BCUT2D eigenvalue weighted by Gasteiger charge is 2.18. The predicted molar refractivity (Wildman–Crippen MR) is 93.9 cm³/mol. The number of nitrogens with one attached hydrogen (secondary N) is 1. The maximum atomic E-state index is 12.9. The van der Waals surface area contributed by atoms with Crippen LogP contribution in [0.4, 0.5) is 4.39 Å². The van der Waals surface area contributed by atoms with E-state index in [1.165, 1.54) is 12.1 Å². The van der Waals surface area contributed by atoms with Gasteiger partial charge in [-0.25, -0.2) is 17.5 Å². The quantitative estimate of drug-likeness (QED) is 0.432. The van der Waals surface area contributed by atoms with E-state index < -0.39 is 21.9 Å². The van der Waals surface area contributed by atoms with Gasteiger partial charge in [-0.05, 0) is 36.8 Å². The van der Waals surface area contributed by atoms with Crippen molar-refractivity contribution in [3.8, 4) is 0 Å². The first-order chi connectivity index (χ1) is 11.9. The fourth-order valence-corrected chi connectivity index (χ4v) is 3.54. The fourth-order valence-electron chi connectivity index (χ4n) is 2.47. The Labute approximate surface area is 160 Å². The molecule has 0 bridgehead atoms. The highest BCUT2D eigenvalue weighted by Crippen LogP contribution is 2.13. The van der Waals surface area contributed by atoms with Crippen LogP contribution in [0.2, 0.25) is 0 Å². The molecule has 2 rings (SSSR count). The summed E-state index contributed by atoms with van der Waals surface area (Å²) in [6, 6.07) is 14.1. The molecule has 0 spiro atoms. The number of sulfonamides is 1. The minimum atomic E-state index is -3.62. The Balaban J connectivity index is 0.00000338. The lowest BCUT2D eigenvalue weighted by atomic mass is 10.0. The first-order valence-corrected chi connectivity index (χ1v) is 9.70. The topological polar surface area (TPSA) is 83.0 Å². The normalized spacial score (nSPS) is 13.7. The SMILES string of the molecule is CC([NH2+]CCCNS(=O)(=O)c1ccc(F)cc1)C(O)c1ccccc1.[Cl-]. The second kappa shape index (κ2) is 10.6. The Bertz CT molecular complexity index is 758. The first kappa shape index (κ1) is 22.5. The molecule has 0 heterocycles. The van der Waals surface area contributed by atoms with Crippen molar-refractivity contribution in [2.75, 3.05) is 13.1 Å². The Morgan fingerprint density at radius 1 is 1.12 bits per heavy atom. The summed E-state index contributed by atoms with van der Waals surface area (Å²) in [5, 5.41) is 12.3. The molecular weight excluding hydrogens is 379 g/mol. The maximum absolute atomic E-state index is 12.9. The zero-order valence-electron chi connectivity index (χ0n) is 14.5. The second-order valence-electron chi connectivity index (χ2n) is 5.94. The lowest BCUT2D eigenvalue weighted by molar-refractivity contribution is -0.694. The zero-order chi connectivity index (χ0) is 18.3. The first-order valence-electron chi connectivity index (χ1n) is 8.22. The van der Waals surface area contributed by atoms with Gasteiger partial charge in [-0.2, -0.15) is 0 Å². The summed E-state index contributed by atoms with van der Waals surface area (Å²) in [5.74, 6) is -0.473. The number of halogens is 2. The number of hydrogen-bond acceptors (Lipinski definition) is 3. The molecule has 0 saturated carbocycles. The van der Waals surface area contributed by atoms with Gasteiger partial charge in [-0.15, -0.1) is 0 Å². The van der Waals surface area contributed by atoms with Crippen molar-refractivity contribution in [2.45, 2.75) is 30.4 Å².